The monoisotopic (exact) mass is 232 g/mol. The van der Waals surface area contributed by atoms with Crippen molar-refractivity contribution in [2.75, 3.05) is 0 Å². The Bertz CT molecular complexity index is 314. The van der Waals surface area contributed by atoms with Crippen LogP contribution in [0.1, 0.15) is 51.9 Å². The van der Waals surface area contributed by atoms with E-state index in [-0.39, 0.29) is 10.5 Å². The van der Waals surface area contributed by atoms with Crippen molar-refractivity contribution >= 4 is 9.84 Å². The Morgan fingerprint density at radius 1 is 1.27 bits per heavy atom. The lowest BCUT2D eigenvalue weighted by atomic mass is 9.82. The van der Waals surface area contributed by atoms with Crippen LogP contribution >= 0.6 is 0 Å². The van der Waals surface area contributed by atoms with E-state index >= 15 is 0 Å². The molecule has 88 valence electrons. The molecule has 2 aliphatic heterocycles. The van der Waals surface area contributed by atoms with E-state index in [1.54, 1.807) is 0 Å². The van der Waals surface area contributed by atoms with Gasteiger partial charge in [0.2, 0.25) is 0 Å². The summed E-state index contributed by atoms with van der Waals surface area (Å²) in [6, 6.07) is 0. The minimum Gasteiger partial charge on any atom is -0.390 e. The SMILES string of the molecule is CCCC1(O)CC2CCCC(C1)S2(=O)=O. The maximum absolute atomic E-state index is 12.0. The molecule has 3 nitrogen and oxygen atoms in total. The fourth-order valence-corrected chi connectivity index (χ4v) is 5.83. The van der Waals surface area contributed by atoms with Gasteiger partial charge in [0.15, 0.2) is 9.84 Å². The molecule has 2 aliphatic rings. The molecule has 0 saturated carbocycles. The molecule has 2 heterocycles. The van der Waals surface area contributed by atoms with Gasteiger partial charge in [0.1, 0.15) is 0 Å². The predicted octanol–water partition coefficient (Wildman–Crippen LogP) is 1.65. The van der Waals surface area contributed by atoms with Gasteiger partial charge in [-0.1, -0.05) is 19.8 Å². The molecular weight excluding hydrogens is 212 g/mol. The lowest BCUT2D eigenvalue weighted by molar-refractivity contribution is 0.00108. The zero-order valence-corrected chi connectivity index (χ0v) is 10.1. The molecule has 0 spiro atoms. The van der Waals surface area contributed by atoms with Crippen molar-refractivity contribution in [2.45, 2.75) is 68.0 Å². The maximum Gasteiger partial charge on any atom is 0.156 e. The molecule has 0 aromatic rings. The fourth-order valence-electron chi connectivity index (χ4n) is 3.21. The molecule has 2 saturated heterocycles. The molecule has 0 aromatic heterocycles. The summed E-state index contributed by atoms with van der Waals surface area (Å²) in [5.74, 6) is 0. The highest BCUT2D eigenvalue weighted by Crippen LogP contribution is 2.43. The first-order valence-corrected chi connectivity index (χ1v) is 7.54. The molecule has 2 atom stereocenters. The first kappa shape index (κ1) is 11.4. The second-order valence-electron chi connectivity index (χ2n) is 5.15. The summed E-state index contributed by atoms with van der Waals surface area (Å²) in [4.78, 5) is 0. The summed E-state index contributed by atoms with van der Waals surface area (Å²) in [6.07, 6.45) is 5.14. The van der Waals surface area contributed by atoms with Gasteiger partial charge >= 0.3 is 0 Å². The van der Waals surface area contributed by atoms with Crippen LogP contribution in [0.3, 0.4) is 0 Å². The zero-order valence-electron chi connectivity index (χ0n) is 9.28. The van der Waals surface area contributed by atoms with Crippen molar-refractivity contribution in [3.8, 4) is 0 Å². The first-order valence-electron chi connectivity index (χ1n) is 5.93. The van der Waals surface area contributed by atoms with Crippen LogP contribution in [0.15, 0.2) is 0 Å². The average molecular weight is 232 g/mol. The number of hydrogen-bond donors (Lipinski definition) is 1. The van der Waals surface area contributed by atoms with Gasteiger partial charge in [0.25, 0.3) is 0 Å². The molecule has 2 unspecified atom stereocenters. The molecule has 0 amide bonds. The highest BCUT2D eigenvalue weighted by Gasteiger charge is 2.49. The third-order valence-corrected chi connectivity index (χ3v) is 6.58. The lowest BCUT2D eigenvalue weighted by Crippen LogP contribution is -2.51. The van der Waals surface area contributed by atoms with Gasteiger partial charge < -0.3 is 5.11 Å². The van der Waals surface area contributed by atoms with E-state index in [1.807, 2.05) is 6.92 Å². The second-order valence-corrected chi connectivity index (χ2v) is 7.66. The first-order chi connectivity index (χ1) is 6.98. The molecule has 15 heavy (non-hydrogen) atoms. The Labute approximate surface area is 91.8 Å². The van der Waals surface area contributed by atoms with Crippen molar-refractivity contribution in [1.82, 2.24) is 0 Å². The van der Waals surface area contributed by atoms with Crippen LogP contribution in [0.4, 0.5) is 0 Å². The third-order valence-electron chi connectivity index (χ3n) is 3.91. The molecule has 1 N–H and O–H groups in total. The summed E-state index contributed by atoms with van der Waals surface area (Å²) in [6.45, 7) is 2.04. The third kappa shape index (κ3) is 1.94. The number of aliphatic hydroxyl groups is 1. The van der Waals surface area contributed by atoms with E-state index in [4.69, 9.17) is 0 Å². The quantitative estimate of drug-likeness (QED) is 0.787. The van der Waals surface area contributed by atoms with Gasteiger partial charge in [-0.15, -0.1) is 0 Å². The Balaban J connectivity index is 2.22. The van der Waals surface area contributed by atoms with Crippen molar-refractivity contribution in [3.05, 3.63) is 0 Å². The summed E-state index contributed by atoms with van der Waals surface area (Å²) < 4.78 is 24.0. The number of hydrogen-bond acceptors (Lipinski definition) is 3. The van der Waals surface area contributed by atoms with Crippen molar-refractivity contribution in [2.24, 2.45) is 0 Å². The summed E-state index contributed by atoms with van der Waals surface area (Å²) in [5.41, 5.74) is -0.699. The van der Waals surface area contributed by atoms with E-state index in [9.17, 15) is 13.5 Å². The smallest absolute Gasteiger partial charge is 0.156 e. The van der Waals surface area contributed by atoms with E-state index in [0.29, 0.717) is 12.8 Å². The standard InChI is InChI=1S/C11H20O3S/c1-2-6-11(12)7-9-4-3-5-10(8-11)15(9,13)14/h9-10,12H,2-8H2,1H3. The van der Waals surface area contributed by atoms with Crippen molar-refractivity contribution < 1.29 is 13.5 Å². The highest BCUT2D eigenvalue weighted by atomic mass is 32.2. The normalized spacial score (nSPS) is 43.9. The van der Waals surface area contributed by atoms with Crippen LogP contribution in [0.2, 0.25) is 0 Å². The lowest BCUT2D eigenvalue weighted by Gasteiger charge is -2.43. The molecule has 2 bridgehead atoms. The minimum atomic E-state index is -2.91. The van der Waals surface area contributed by atoms with Crippen LogP contribution in [0.5, 0.6) is 0 Å². The van der Waals surface area contributed by atoms with Crippen LogP contribution in [-0.4, -0.2) is 29.6 Å². The summed E-state index contributed by atoms with van der Waals surface area (Å²) in [7, 11) is -2.91. The summed E-state index contributed by atoms with van der Waals surface area (Å²) >= 11 is 0. The number of sulfone groups is 1. The topological polar surface area (TPSA) is 54.4 Å². The van der Waals surface area contributed by atoms with Gasteiger partial charge in [0.05, 0.1) is 16.1 Å². The van der Waals surface area contributed by atoms with Gasteiger partial charge in [-0.25, -0.2) is 8.42 Å². The van der Waals surface area contributed by atoms with E-state index in [2.05, 4.69) is 0 Å². The van der Waals surface area contributed by atoms with Crippen LogP contribution in [0, 0.1) is 0 Å². The number of rotatable bonds is 2. The molecule has 0 aliphatic carbocycles. The Morgan fingerprint density at radius 3 is 2.27 bits per heavy atom. The van der Waals surface area contributed by atoms with Gasteiger partial charge in [-0.3, -0.25) is 0 Å². The Kier molecular flexibility index (Phi) is 2.84. The van der Waals surface area contributed by atoms with Crippen molar-refractivity contribution in [3.63, 3.8) is 0 Å². The Hall–Kier alpha value is -0.0900. The van der Waals surface area contributed by atoms with E-state index in [1.165, 1.54) is 0 Å². The summed E-state index contributed by atoms with van der Waals surface area (Å²) in [5, 5.41) is 9.82. The minimum absolute atomic E-state index is 0.262. The Morgan fingerprint density at radius 2 is 1.80 bits per heavy atom. The maximum atomic E-state index is 12.0. The molecule has 0 radical (unpaired) electrons. The fraction of sp³-hybridized carbons (Fsp3) is 1.00. The van der Waals surface area contributed by atoms with Gasteiger partial charge in [-0.05, 0) is 32.1 Å². The zero-order chi connectivity index (χ0) is 11.1. The predicted molar refractivity (Wildman–Crippen MR) is 59.4 cm³/mol. The van der Waals surface area contributed by atoms with Crippen LogP contribution in [0.25, 0.3) is 0 Å². The van der Waals surface area contributed by atoms with E-state index in [0.717, 1.165) is 32.1 Å². The van der Waals surface area contributed by atoms with Crippen LogP contribution in [-0.2, 0) is 9.84 Å². The van der Waals surface area contributed by atoms with Crippen molar-refractivity contribution in [1.29, 1.82) is 0 Å². The van der Waals surface area contributed by atoms with Gasteiger partial charge in [0, 0.05) is 0 Å². The molecule has 0 aromatic carbocycles. The molecule has 4 heteroatoms. The van der Waals surface area contributed by atoms with E-state index < -0.39 is 15.4 Å². The largest absolute Gasteiger partial charge is 0.390 e. The molecule has 2 fully saturated rings. The highest BCUT2D eigenvalue weighted by molar-refractivity contribution is 7.92. The average Bonchev–Trinajstić information content (AvgIpc) is 2.09. The number of fused-ring (bicyclic) bond motifs is 2. The molecular formula is C11H20O3S. The van der Waals surface area contributed by atoms with Crippen LogP contribution < -0.4 is 0 Å². The second kappa shape index (κ2) is 3.74. The molecule has 2 rings (SSSR count). The van der Waals surface area contributed by atoms with Gasteiger partial charge in [-0.2, -0.15) is 0 Å².